The average molecular weight is 380 g/mol. The van der Waals surface area contributed by atoms with Crippen LogP contribution in [0.3, 0.4) is 0 Å². The third-order valence-corrected chi connectivity index (χ3v) is 7.89. The predicted molar refractivity (Wildman–Crippen MR) is 103 cm³/mol. The largest absolute Gasteiger partial charge is 0.494 e. The number of hydrogen-bond donors (Lipinski definition) is 1. The molecule has 1 N–H and O–H groups in total. The highest BCUT2D eigenvalue weighted by Gasteiger charge is 2.65. The molecule has 2 unspecified atom stereocenters. The number of nitrogens with one attached hydrogen (secondary N) is 1. The van der Waals surface area contributed by atoms with E-state index in [2.05, 4.69) is 11.6 Å². The average Bonchev–Trinajstić information content (AvgIpc) is 2.90. The Morgan fingerprint density at radius 2 is 1.92 bits per heavy atom. The summed E-state index contributed by atoms with van der Waals surface area (Å²) < 4.78 is 33.8. The summed E-state index contributed by atoms with van der Waals surface area (Å²) in [6.07, 6.45) is 4.19. The first-order valence-corrected chi connectivity index (χ1v) is 11.1. The van der Waals surface area contributed by atoms with Crippen LogP contribution in [0.25, 0.3) is 0 Å². The second-order valence-corrected chi connectivity index (χ2v) is 9.98. The summed E-state index contributed by atoms with van der Waals surface area (Å²) in [5, 5.41) is 0. The fourth-order valence-corrected chi connectivity index (χ4v) is 6.50. The van der Waals surface area contributed by atoms with Crippen molar-refractivity contribution in [1.29, 1.82) is 0 Å². The molecule has 2 saturated carbocycles. The van der Waals surface area contributed by atoms with Crippen LogP contribution in [0, 0.1) is 16.7 Å². The second-order valence-electron chi connectivity index (χ2n) is 8.25. The summed E-state index contributed by atoms with van der Waals surface area (Å²) in [7, 11) is -3.61. The second kappa shape index (κ2) is 6.87. The number of sulfonamides is 1. The Balaban J connectivity index is 1.69. The molecule has 0 heterocycles. The van der Waals surface area contributed by atoms with Crippen LogP contribution in [0.1, 0.15) is 52.9 Å². The lowest BCUT2D eigenvalue weighted by Gasteiger charge is -2.36. The first-order chi connectivity index (χ1) is 12.2. The molecule has 2 fully saturated rings. The highest BCUT2D eigenvalue weighted by atomic mass is 32.2. The van der Waals surface area contributed by atoms with E-state index in [0.717, 1.165) is 25.0 Å². The maximum Gasteiger partial charge on any atom is 0.233 e. The molecular weight excluding hydrogens is 350 g/mol. The molecular formula is C20H29NO4S. The third-order valence-electron chi connectivity index (χ3n) is 6.47. The number of fused-ring (bicyclic) bond motifs is 2. The third kappa shape index (κ3) is 3.36. The standard InChI is InChI=1S/C20H29NO4S/c1-4-5-12-25-17-8-6-16(7-9-17)21-26(23,24)14-20-11-10-15(13-18(20)22)19(20,2)3/h6-9,15,21H,4-5,10-14H2,1-3H3. The van der Waals surface area contributed by atoms with Crippen molar-refractivity contribution >= 4 is 21.5 Å². The summed E-state index contributed by atoms with van der Waals surface area (Å²) in [6.45, 7) is 6.85. The molecule has 144 valence electrons. The van der Waals surface area contributed by atoms with Crippen molar-refractivity contribution in [2.45, 2.75) is 52.9 Å². The van der Waals surface area contributed by atoms with Gasteiger partial charge in [0.1, 0.15) is 11.5 Å². The van der Waals surface area contributed by atoms with Crippen LogP contribution in [-0.4, -0.2) is 26.6 Å². The fourth-order valence-electron chi connectivity index (χ4n) is 4.60. The molecule has 1 aromatic rings. The van der Waals surface area contributed by atoms with Crippen molar-refractivity contribution in [2.75, 3.05) is 17.1 Å². The topological polar surface area (TPSA) is 72.5 Å². The van der Waals surface area contributed by atoms with Gasteiger partial charge in [0.05, 0.1) is 17.8 Å². The van der Waals surface area contributed by atoms with Crippen LogP contribution in [0.2, 0.25) is 0 Å². The van der Waals surface area contributed by atoms with Crippen LogP contribution >= 0.6 is 0 Å². The van der Waals surface area contributed by atoms with E-state index in [-0.39, 0.29) is 17.0 Å². The van der Waals surface area contributed by atoms with Crippen LogP contribution in [0.4, 0.5) is 5.69 Å². The van der Waals surface area contributed by atoms with Crippen molar-refractivity contribution < 1.29 is 17.9 Å². The fraction of sp³-hybridized carbons (Fsp3) is 0.650. The zero-order chi connectivity index (χ0) is 19.0. The lowest BCUT2D eigenvalue weighted by Crippen LogP contribution is -2.43. The summed E-state index contributed by atoms with van der Waals surface area (Å²) in [5.41, 5.74) is -0.496. The SMILES string of the molecule is CCCCOc1ccc(NS(=O)(=O)CC23CCC(CC2=O)C3(C)C)cc1. The van der Waals surface area contributed by atoms with Crippen LogP contribution in [0.5, 0.6) is 5.75 Å². The molecule has 2 bridgehead atoms. The van der Waals surface area contributed by atoms with Gasteiger partial charge in [-0.3, -0.25) is 9.52 Å². The Hall–Kier alpha value is -1.56. The summed E-state index contributed by atoms with van der Waals surface area (Å²) in [4.78, 5) is 12.6. The van der Waals surface area contributed by atoms with Gasteiger partial charge in [0.25, 0.3) is 0 Å². The van der Waals surface area contributed by atoms with E-state index in [1.54, 1.807) is 24.3 Å². The van der Waals surface area contributed by atoms with Crippen molar-refractivity contribution in [1.82, 2.24) is 0 Å². The summed E-state index contributed by atoms with van der Waals surface area (Å²) >= 11 is 0. The Bertz CT molecular complexity index is 770. The number of Topliss-reactive ketones (excluding diaryl/α,β-unsaturated/α-hetero) is 1. The molecule has 1 aromatic carbocycles. The number of carbonyl (C=O) groups is 1. The number of benzene rings is 1. The van der Waals surface area contributed by atoms with Crippen molar-refractivity contribution in [3.05, 3.63) is 24.3 Å². The Morgan fingerprint density at radius 3 is 2.46 bits per heavy atom. The number of hydrogen-bond acceptors (Lipinski definition) is 4. The molecule has 0 aliphatic heterocycles. The first-order valence-electron chi connectivity index (χ1n) is 9.47. The minimum atomic E-state index is -3.61. The molecule has 0 spiro atoms. The number of anilines is 1. The van der Waals surface area contributed by atoms with Crippen LogP contribution in [0.15, 0.2) is 24.3 Å². The molecule has 0 saturated heterocycles. The van der Waals surface area contributed by atoms with Gasteiger partial charge in [-0.15, -0.1) is 0 Å². The predicted octanol–water partition coefficient (Wildman–Crippen LogP) is 4.00. The molecule has 2 aliphatic rings. The number of ketones is 1. The number of rotatable bonds is 8. The molecule has 0 radical (unpaired) electrons. The van der Waals surface area contributed by atoms with E-state index in [1.807, 2.05) is 13.8 Å². The van der Waals surface area contributed by atoms with E-state index in [9.17, 15) is 13.2 Å². The van der Waals surface area contributed by atoms with E-state index < -0.39 is 15.4 Å². The number of ether oxygens (including phenoxy) is 1. The van der Waals surface area contributed by atoms with Gasteiger partial charge in [-0.05, 0) is 54.9 Å². The molecule has 26 heavy (non-hydrogen) atoms. The van der Waals surface area contributed by atoms with Crippen molar-refractivity contribution in [2.24, 2.45) is 16.7 Å². The first kappa shape index (κ1) is 19.2. The van der Waals surface area contributed by atoms with Crippen molar-refractivity contribution in [3.8, 4) is 5.75 Å². The summed E-state index contributed by atoms with van der Waals surface area (Å²) in [5.74, 6) is 1.02. The maximum absolute atomic E-state index is 12.8. The molecule has 2 aliphatic carbocycles. The molecule has 0 amide bonds. The number of unbranched alkanes of at least 4 members (excludes halogenated alkanes) is 1. The van der Waals surface area contributed by atoms with Crippen LogP contribution < -0.4 is 9.46 Å². The lowest BCUT2D eigenvalue weighted by atomic mass is 9.70. The minimum absolute atomic E-state index is 0.115. The van der Waals surface area contributed by atoms with Crippen molar-refractivity contribution in [3.63, 3.8) is 0 Å². The van der Waals surface area contributed by atoms with E-state index in [1.165, 1.54) is 0 Å². The quantitative estimate of drug-likeness (QED) is 0.693. The van der Waals surface area contributed by atoms with Gasteiger partial charge in [0, 0.05) is 12.1 Å². The van der Waals surface area contributed by atoms with E-state index in [4.69, 9.17) is 4.74 Å². The van der Waals surface area contributed by atoms with E-state index >= 15 is 0 Å². The normalized spacial score (nSPS) is 26.9. The maximum atomic E-state index is 12.8. The zero-order valence-electron chi connectivity index (χ0n) is 15.9. The Labute approximate surface area is 156 Å². The molecule has 5 nitrogen and oxygen atoms in total. The van der Waals surface area contributed by atoms with Gasteiger partial charge in [-0.2, -0.15) is 0 Å². The highest BCUT2D eigenvalue weighted by Crippen LogP contribution is 2.64. The molecule has 2 atom stereocenters. The smallest absolute Gasteiger partial charge is 0.233 e. The highest BCUT2D eigenvalue weighted by molar-refractivity contribution is 7.92. The monoisotopic (exact) mass is 379 g/mol. The van der Waals surface area contributed by atoms with Gasteiger partial charge in [0.15, 0.2) is 0 Å². The van der Waals surface area contributed by atoms with Gasteiger partial charge in [0.2, 0.25) is 10.0 Å². The molecule has 3 rings (SSSR count). The van der Waals surface area contributed by atoms with Gasteiger partial charge in [-0.25, -0.2) is 8.42 Å². The molecule has 0 aromatic heterocycles. The van der Waals surface area contributed by atoms with Gasteiger partial charge < -0.3 is 4.74 Å². The Morgan fingerprint density at radius 1 is 1.23 bits per heavy atom. The lowest BCUT2D eigenvalue weighted by molar-refractivity contribution is -0.128. The van der Waals surface area contributed by atoms with Crippen LogP contribution in [-0.2, 0) is 14.8 Å². The molecule has 6 heteroatoms. The van der Waals surface area contributed by atoms with Gasteiger partial charge in [-0.1, -0.05) is 27.2 Å². The minimum Gasteiger partial charge on any atom is -0.494 e. The van der Waals surface area contributed by atoms with Gasteiger partial charge >= 0.3 is 0 Å². The van der Waals surface area contributed by atoms with E-state index in [0.29, 0.717) is 31.1 Å². The Kier molecular flexibility index (Phi) is 5.08. The summed E-state index contributed by atoms with van der Waals surface area (Å²) in [6, 6.07) is 6.94. The number of carbonyl (C=O) groups excluding carboxylic acids is 1. The zero-order valence-corrected chi connectivity index (χ0v) is 16.7.